The zero-order chi connectivity index (χ0) is 22.7. The van der Waals surface area contributed by atoms with Gasteiger partial charge in [0, 0.05) is 11.5 Å². The van der Waals surface area contributed by atoms with E-state index in [1.807, 2.05) is 60.7 Å². The minimum absolute atomic E-state index is 0.0314. The SMILES string of the molecule is CCOC(=O)C1(C(=O)OCC)C[C@@H]2C[C@H](C(=O)c3ccccc3)[C@@H](c3ccccc3)[C@@H]2C1. The Kier molecular flexibility index (Phi) is 6.45. The molecule has 2 aliphatic rings. The molecule has 0 N–H and O–H groups in total. The van der Waals surface area contributed by atoms with Crippen molar-refractivity contribution in [3.63, 3.8) is 0 Å². The minimum atomic E-state index is -1.28. The summed E-state index contributed by atoms with van der Waals surface area (Å²) in [5.41, 5.74) is 0.507. The van der Waals surface area contributed by atoms with Crippen molar-refractivity contribution in [3.8, 4) is 0 Å². The lowest BCUT2D eigenvalue weighted by molar-refractivity contribution is -0.172. The molecule has 0 unspecified atom stereocenters. The van der Waals surface area contributed by atoms with E-state index in [-0.39, 0.29) is 42.7 Å². The fourth-order valence-corrected chi connectivity index (χ4v) is 5.90. The molecule has 4 atom stereocenters. The number of Topliss-reactive ketones (excluding diaryl/α,β-unsaturated/α-hetero) is 1. The average molecular weight is 435 g/mol. The number of ether oxygens (including phenoxy) is 2. The number of ketones is 1. The third-order valence-corrected chi connectivity index (χ3v) is 7.16. The zero-order valence-electron chi connectivity index (χ0n) is 18.7. The largest absolute Gasteiger partial charge is 0.465 e. The molecule has 32 heavy (non-hydrogen) atoms. The number of fused-ring (bicyclic) bond motifs is 1. The average Bonchev–Trinajstić information content (AvgIpc) is 3.36. The van der Waals surface area contributed by atoms with Crippen LogP contribution in [0.15, 0.2) is 60.7 Å². The Hall–Kier alpha value is -2.95. The van der Waals surface area contributed by atoms with Crippen LogP contribution in [0.4, 0.5) is 0 Å². The number of esters is 2. The van der Waals surface area contributed by atoms with E-state index < -0.39 is 17.4 Å². The van der Waals surface area contributed by atoms with Crippen LogP contribution in [0.3, 0.4) is 0 Å². The summed E-state index contributed by atoms with van der Waals surface area (Å²) in [6.45, 7) is 3.92. The van der Waals surface area contributed by atoms with Crippen molar-refractivity contribution in [2.45, 2.75) is 39.0 Å². The van der Waals surface area contributed by atoms with Crippen LogP contribution in [0.1, 0.15) is 54.9 Å². The maximum atomic E-state index is 13.5. The smallest absolute Gasteiger partial charge is 0.323 e. The van der Waals surface area contributed by atoms with Crippen LogP contribution in [0.25, 0.3) is 0 Å². The normalized spacial score (nSPS) is 25.7. The van der Waals surface area contributed by atoms with Crippen molar-refractivity contribution in [3.05, 3.63) is 71.8 Å². The maximum absolute atomic E-state index is 13.5. The highest BCUT2D eigenvalue weighted by molar-refractivity contribution is 6.01. The van der Waals surface area contributed by atoms with E-state index in [9.17, 15) is 14.4 Å². The van der Waals surface area contributed by atoms with Crippen LogP contribution >= 0.6 is 0 Å². The lowest BCUT2D eigenvalue weighted by Gasteiger charge is -2.29. The van der Waals surface area contributed by atoms with Gasteiger partial charge >= 0.3 is 11.9 Å². The fourth-order valence-electron chi connectivity index (χ4n) is 5.90. The fraction of sp³-hybridized carbons (Fsp3) is 0.444. The summed E-state index contributed by atoms with van der Waals surface area (Å²) in [4.78, 5) is 39.5. The Bertz CT molecular complexity index is 950. The van der Waals surface area contributed by atoms with E-state index in [4.69, 9.17) is 9.47 Å². The standard InChI is InChI=1S/C27H30O5/c1-3-31-25(29)27(26(30)32-4-2)16-20-15-21(24(28)19-13-9-6-10-14-19)23(22(20)17-27)18-11-7-5-8-12-18/h5-14,20-23H,3-4,15-17H2,1-2H3/t20-,21-,22+,23+/m0/s1. The molecular weight excluding hydrogens is 404 g/mol. The van der Waals surface area contributed by atoms with Gasteiger partial charge in [0.15, 0.2) is 11.2 Å². The Labute approximate surface area is 189 Å². The molecule has 5 nitrogen and oxygen atoms in total. The Morgan fingerprint density at radius 3 is 1.97 bits per heavy atom. The molecule has 0 spiro atoms. The molecule has 0 aromatic heterocycles. The third-order valence-electron chi connectivity index (χ3n) is 7.16. The van der Waals surface area contributed by atoms with Crippen LogP contribution in [0.5, 0.6) is 0 Å². The predicted octanol–water partition coefficient (Wildman–Crippen LogP) is 4.81. The number of hydrogen-bond acceptors (Lipinski definition) is 5. The van der Waals surface area contributed by atoms with Gasteiger partial charge < -0.3 is 9.47 Å². The van der Waals surface area contributed by atoms with Gasteiger partial charge in [-0.2, -0.15) is 0 Å². The van der Waals surface area contributed by atoms with Crippen molar-refractivity contribution in [2.24, 2.45) is 23.2 Å². The molecule has 4 rings (SSSR count). The molecule has 0 bridgehead atoms. The van der Waals surface area contributed by atoms with Gasteiger partial charge in [-0.1, -0.05) is 60.7 Å². The molecule has 5 heteroatoms. The molecule has 0 amide bonds. The van der Waals surface area contributed by atoms with Crippen molar-refractivity contribution in [1.29, 1.82) is 0 Å². The molecule has 2 aliphatic carbocycles. The molecule has 0 heterocycles. The summed E-state index contributed by atoms with van der Waals surface area (Å²) in [5.74, 6) is -0.990. The van der Waals surface area contributed by atoms with Crippen molar-refractivity contribution in [1.82, 2.24) is 0 Å². The van der Waals surface area contributed by atoms with Crippen LogP contribution in [-0.4, -0.2) is 30.9 Å². The lowest BCUT2D eigenvalue weighted by Crippen LogP contribution is -2.41. The summed E-state index contributed by atoms with van der Waals surface area (Å²) in [5, 5.41) is 0. The molecule has 2 aromatic carbocycles. The summed E-state index contributed by atoms with van der Waals surface area (Å²) in [6.07, 6.45) is 1.38. The van der Waals surface area contributed by atoms with Crippen LogP contribution in [0.2, 0.25) is 0 Å². The summed E-state index contributed by atoms with van der Waals surface area (Å²) in [7, 11) is 0. The Morgan fingerprint density at radius 1 is 0.844 bits per heavy atom. The lowest BCUT2D eigenvalue weighted by atomic mass is 9.75. The molecule has 2 aromatic rings. The first kappa shape index (κ1) is 22.3. The minimum Gasteiger partial charge on any atom is -0.465 e. The van der Waals surface area contributed by atoms with Crippen molar-refractivity contribution in [2.75, 3.05) is 13.2 Å². The first-order valence-electron chi connectivity index (χ1n) is 11.5. The monoisotopic (exact) mass is 434 g/mol. The van der Waals surface area contributed by atoms with E-state index in [0.717, 1.165) is 5.56 Å². The van der Waals surface area contributed by atoms with Gasteiger partial charge in [-0.3, -0.25) is 14.4 Å². The highest BCUT2D eigenvalue weighted by Gasteiger charge is 2.63. The maximum Gasteiger partial charge on any atom is 0.323 e. The van der Waals surface area contributed by atoms with Gasteiger partial charge in [0.1, 0.15) is 0 Å². The second kappa shape index (κ2) is 9.27. The molecule has 2 fully saturated rings. The zero-order valence-corrected chi connectivity index (χ0v) is 18.7. The van der Waals surface area contributed by atoms with E-state index in [2.05, 4.69) is 0 Å². The molecule has 0 saturated heterocycles. The molecular formula is C27H30O5. The van der Waals surface area contributed by atoms with Crippen molar-refractivity contribution >= 4 is 17.7 Å². The third kappa shape index (κ3) is 3.85. The number of benzene rings is 2. The number of rotatable bonds is 7. The number of carbonyl (C=O) groups excluding carboxylic acids is 3. The van der Waals surface area contributed by atoms with Gasteiger partial charge in [0.25, 0.3) is 0 Å². The highest BCUT2D eigenvalue weighted by atomic mass is 16.6. The number of hydrogen-bond donors (Lipinski definition) is 0. The van der Waals surface area contributed by atoms with E-state index in [0.29, 0.717) is 24.8 Å². The Morgan fingerprint density at radius 2 is 1.41 bits per heavy atom. The van der Waals surface area contributed by atoms with E-state index in [1.54, 1.807) is 13.8 Å². The Balaban J connectivity index is 1.71. The van der Waals surface area contributed by atoms with Gasteiger partial charge in [0.05, 0.1) is 13.2 Å². The molecule has 0 radical (unpaired) electrons. The topological polar surface area (TPSA) is 69.7 Å². The van der Waals surface area contributed by atoms with Crippen LogP contribution in [-0.2, 0) is 19.1 Å². The first-order valence-corrected chi connectivity index (χ1v) is 11.5. The quantitative estimate of drug-likeness (QED) is 0.355. The molecule has 2 saturated carbocycles. The van der Waals surface area contributed by atoms with Gasteiger partial charge in [-0.05, 0) is 56.4 Å². The van der Waals surface area contributed by atoms with Crippen LogP contribution in [0, 0.1) is 23.2 Å². The molecule has 0 aliphatic heterocycles. The highest BCUT2D eigenvalue weighted by Crippen LogP contribution is 2.61. The van der Waals surface area contributed by atoms with Gasteiger partial charge in [-0.25, -0.2) is 0 Å². The predicted molar refractivity (Wildman–Crippen MR) is 120 cm³/mol. The summed E-state index contributed by atoms with van der Waals surface area (Å²) >= 11 is 0. The summed E-state index contributed by atoms with van der Waals surface area (Å²) in [6, 6.07) is 19.4. The van der Waals surface area contributed by atoms with Gasteiger partial charge in [0.2, 0.25) is 0 Å². The van der Waals surface area contributed by atoms with Crippen molar-refractivity contribution < 1.29 is 23.9 Å². The first-order chi connectivity index (χ1) is 15.5. The second-order valence-electron chi connectivity index (χ2n) is 8.86. The number of carbonyl (C=O) groups is 3. The second-order valence-corrected chi connectivity index (χ2v) is 8.86. The van der Waals surface area contributed by atoms with E-state index >= 15 is 0 Å². The van der Waals surface area contributed by atoms with E-state index in [1.165, 1.54) is 0 Å². The van der Waals surface area contributed by atoms with Gasteiger partial charge in [-0.15, -0.1) is 0 Å². The summed E-state index contributed by atoms with van der Waals surface area (Å²) < 4.78 is 10.7. The molecule has 168 valence electrons. The van der Waals surface area contributed by atoms with Crippen LogP contribution < -0.4 is 0 Å².